The first kappa shape index (κ1) is 17.9. The summed E-state index contributed by atoms with van der Waals surface area (Å²) >= 11 is 0. The van der Waals surface area contributed by atoms with Gasteiger partial charge in [0.25, 0.3) is 0 Å². The highest BCUT2D eigenvalue weighted by Crippen LogP contribution is 2.27. The number of rotatable bonds is 3. The lowest BCUT2D eigenvalue weighted by atomic mass is 10.1. The molecule has 1 fully saturated rings. The molecule has 2 heterocycles. The van der Waals surface area contributed by atoms with Crippen molar-refractivity contribution in [2.24, 2.45) is 0 Å². The average Bonchev–Trinajstić information content (AvgIpc) is 2.37. The van der Waals surface area contributed by atoms with Crippen LogP contribution in [0.5, 0.6) is 0 Å². The third-order valence-corrected chi connectivity index (χ3v) is 3.11. The number of morpholine rings is 1. The average molecular weight is 327 g/mol. The maximum absolute atomic E-state index is 12.5. The van der Waals surface area contributed by atoms with Crippen LogP contribution >= 0.6 is 12.4 Å². The van der Waals surface area contributed by atoms with Gasteiger partial charge in [-0.2, -0.15) is 13.2 Å². The number of hydrogen-bond donors (Lipinski definition) is 2. The predicted molar refractivity (Wildman–Crippen MR) is 74.6 cm³/mol. The SMILES string of the molecule is C[C@@H]1CN[C@H](CNc2cncc(C(F)(F)F)n2)[C@H](C)O1.Cl. The number of anilines is 1. The Labute approximate surface area is 127 Å². The van der Waals surface area contributed by atoms with Crippen molar-refractivity contribution in [2.75, 3.05) is 18.4 Å². The van der Waals surface area contributed by atoms with Gasteiger partial charge in [-0.05, 0) is 13.8 Å². The van der Waals surface area contributed by atoms with Crippen LogP contribution in [0, 0.1) is 0 Å². The van der Waals surface area contributed by atoms with Crippen LogP contribution < -0.4 is 10.6 Å². The van der Waals surface area contributed by atoms with Gasteiger partial charge >= 0.3 is 6.18 Å². The van der Waals surface area contributed by atoms with Crippen molar-refractivity contribution < 1.29 is 17.9 Å². The molecule has 1 saturated heterocycles. The van der Waals surface area contributed by atoms with E-state index < -0.39 is 11.9 Å². The van der Waals surface area contributed by atoms with E-state index in [1.165, 1.54) is 6.20 Å². The molecular weight excluding hydrogens is 309 g/mol. The first-order valence-electron chi connectivity index (χ1n) is 6.38. The van der Waals surface area contributed by atoms with Crippen LogP contribution in [0.4, 0.5) is 19.0 Å². The quantitative estimate of drug-likeness (QED) is 0.891. The second-order valence-corrected chi connectivity index (χ2v) is 4.83. The van der Waals surface area contributed by atoms with E-state index in [2.05, 4.69) is 20.6 Å². The lowest BCUT2D eigenvalue weighted by Crippen LogP contribution is -2.53. The largest absolute Gasteiger partial charge is 0.434 e. The molecule has 1 aliphatic heterocycles. The molecular formula is C12H18ClF3N4O. The number of nitrogens with zero attached hydrogens (tertiary/aromatic N) is 2. The Morgan fingerprint density at radius 3 is 2.71 bits per heavy atom. The standard InChI is InChI=1S/C12H17F3N4O.ClH/c1-7-3-17-9(8(2)20-7)4-18-11-6-16-5-10(19-11)12(13,14)15;/h5-9,17H,3-4H2,1-2H3,(H,18,19);1H/t7-,8+,9-;/m1./s1. The Morgan fingerprint density at radius 1 is 1.38 bits per heavy atom. The van der Waals surface area contributed by atoms with Gasteiger partial charge in [-0.15, -0.1) is 12.4 Å². The van der Waals surface area contributed by atoms with E-state index >= 15 is 0 Å². The summed E-state index contributed by atoms with van der Waals surface area (Å²) in [5.74, 6) is 0.104. The van der Waals surface area contributed by atoms with Gasteiger partial charge in [0.15, 0.2) is 5.69 Å². The summed E-state index contributed by atoms with van der Waals surface area (Å²) in [6, 6.07) is 0.0162. The topological polar surface area (TPSA) is 59.1 Å². The molecule has 0 aliphatic carbocycles. The monoisotopic (exact) mass is 326 g/mol. The zero-order valence-corrected chi connectivity index (χ0v) is 12.5. The molecule has 3 atom stereocenters. The van der Waals surface area contributed by atoms with E-state index in [4.69, 9.17) is 4.74 Å². The third-order valence-electron chi connectivity index (χ3n) is 3.11. The number of hydrogen-bond acceptors (Lipinski definition) is 5. The summed E-state index contributed by atoms with van der Waals surface area (Å²) in [4.78, 5) is 7.05. The molecule has 2 rings (SSSR count). The van der Waals surface area contributed by atoms with Crippen molar-refractivity contribution in [1.82, 2.24) is 15.3 Å². The Morgan fingerprint density at radius 2 is 2.10 bits per heavy atom. The predicted octanol–water partition coefficient (Wildman–Crippen LogP) is 2.09. The Kier molecular flexibility index (Phi) is 6.18. The van der Waals surface area contributed by atoms with Gasteiger partial charge in [-0.25, -0.2) is 4.98 Å². The molecule has 0 bridgehead atoms. The maximum Gasteiger partial charge on any atom is 0.434 e. The molecule has 0 spiro atoms. The molecule has 2 N–H and O–H groups in total. The van der Waals surface area contributed by atoms with Gasteiger partial charge < -0.3 is 15.4 Å². The van der Waals surface area contributed by atoms with Gasteiger partial charge in [0.2, 0.25) is 0 Å². The van der Waals surface area contributed by atoms with Crippen LogP contribution in [0.15, 0.2) is 12.4 Å². The fraction of sp³-hybridized carbons (Fsp3) is 0.667. The van der Waals surface area contributed by atoms with Crippen molar-refractivity contribution in [2.45, 2.75) is 38.3 Å². The number of ether oxygens (including phenoxy) is 1. The molecule has 9 heteroatoms. The van der Waals surface area contributed by atoms with E-state index in [9.17, 15) is 13.2 Å². The zero-order valence-electron chi connectivity index (χ0n) is 11.6. The number of nitrogens with one attached hydrogen (secondary N) is 2. The molecule has 1 aliphatic rings. The lowest BCUT2D eigenvalue weighted by Gasteiger charge is -2.34. The maximum atomic E-state index is 12.5. The molecule has 0 amide bonds. The van der Waals surface area contributed by atoms with Crippen LogP contribution in [-0.2, 0) is 10.9 Å². The number of aromatic nitrogens is 2. The minimum atomic E-state index is -4.49. The van der Waals surface area contributed by atoms with Gasteiger partial charge in [0.1, 0.15) is 5.82 Å². The molecule has 21 heavy (non-hydrogen) atoms. The van der Waals surface area contributed by atoms with Crippen LogP contribution in [0.25, 0.3) is 0 Å². The number of halogens is 4. The molecule has 1 aromatic rings. The highest BCUT2D eigenvalue weighted by molar-refractivity contribution is 5.85. The van der Waals surface area contributed by atoms with Crippen molar-refractivity contribution in [3.63, 3.8) is 0 Å². The van der Waals surface area contributed by atoms with E-state index in [0.717, 1.165) is 0 Å². The first-order chi connectivity index (χ1) is 9.36. The molecule has 0 radical (unpaired) electrons. The fourth-order valence-electron chi connectivity index (χ4n) is 2.03. The number of alkyl halides is 3. The normalized spacial score (nSPS) is 26.0. The van der Waals surface area contributed by atoms with E-state index in [1.807, 2.05) is 13.8 Å². The van der Waals surface area contributed by atoms with E-state index in [1.54, 1.807) is 0 Å². The highest BCUT2D eigenvalue weighted by Gasteiger charge is 2.33. The van der Waals surface area contributed by atoms with Crippen LogP contribution in [0.1, 0.15) is 19.5 Å². The van der Waals surface area contributed by atoms with Gasteiger partial charge in [0.05, 0.1) is 30.6 Å². The van der Waals surface area contributed by atoms with Gasteiger partial charge in [-0.3, -0.25) is 4.98 Å². The second kappa shape index (κ2) is 7.24. The summed E-state index contributed by atoms with van der Waals surface area (Å²) in [6.45, 7) is 5.02. The Hall–Kier alpha value is -1.12. The van der Waals surface area contributed by atoms with Gasteiger partial charge in [-0.1, -0.05) is 0 Å². The molecule has 5 nitrogen and oxygen atoms in total. The summed E-state index contributed by atoms with van der Waals surface area (Å²) in [5, 5.41) is 6.13. The lowest BCUT2D eigenvalue weighted by molar-refractivity contribution is -0.141. The molecule has 0 aromatic carbocycles. The van der Waals surface area contributed by atoms with Crippen LogP contribution in [-0.4, -0.2) is 41.3 Å². The molecule has 1 aromatic heterocycles. The van der Waals surface area contributed by atoms with E-state index in [0.29, 0.717) is 19.3 Å². The third kappa shape index (κ3) is 4.98. The van der Waals surface area contributed by atoms with Gasteiger partial charge in [0, 0.05) is 13.1 Å². The zero-order chi connectivity index (χ0) is 14.8. The smallest absolute Gasteiger partial charge is 0.373 e. The Bertz CT molecular complexity index is 460. The van der Waals surface area contributed by atoms with E-state index in [-0.39, 0.29) is 36.5 Å². The summed E-state index contributed by atoms with van der Waals surface area (Å²) in [7, 11) is 0. The fourth-order valence-corrected chi connectivity index (χ4v) is 2.03. The first-order valence-corrected chi connectivity index (χ1v) is 6.38. The minimum absolute atomic E-state index is 0. The Balaban J connectivity index is 0.00000220. The molecule has 0 unspecified atom stereocenters. The second-order valence-electron chi connectivity index (χ2n) is 4.83. The molecule has 0 saturated carbocycles. The van der Waals surface area contributed by atoms with Crippen molar-refractivity contribution in [3.8, 4) is 0 Å². The van der Waals surface area contributed by atoms with Crippen molar-refractivity contribution in [3.05, 3.63) is 18.1 Å². The minimum Gasteiger partial charge on any atom is -0.373 e. The van der Waals surface area contributed by atoms with Crippen LogP contribution in [0.3, 0.4) is 0 Å². The summed E-state index contributed by atoms with van der Waals surface area (Å²) < 4.78 is 43.2. The highest BCUT2D eigenvalue weighted by atomic mass is 35.5. The molecule has 120 valence electrons. The summed E-state index contributed by atoms with van der Waals surface area (Å²) in [5.41, 5.74) is -1.00. The van der Waals surface area contributed by atoms with Crippen molar-refractivity contribution >= 4 is 18.2 Å². The van der Waals surface area contributed by atoms with Crippen LogP contribution in [0.2, 0.25) is 0 Å². The summed E-state index contributed by atoms with van der Waals surface area (Å²) in [6.07, 6.45) is -2.40. The van der Waals surface area contributed by atoms with Crippen molar-refractivity contribution in [1.29, 1.82) is 0 Å².